The van der Waals surface area contributed by atoms with E-state index in [0.29, 0.717) is 16.7 Å². The molecule has 0 bridgehead atoms. The summed E-state index contributed by atoms with van der Waals surface area (Å²) in [5.74, 6) is -2.38. The lowest BCUT2D eigenvalue weighted by molar-refractivity contribution is -0.146. The summed E-state index contributed by atoms with van der Waals surface area (Å²) in [6.45, 7) is 0.0933. The number of rotatable bonds is 3. The Bertz CT molecular complexity index is 1340. The van der Waals surface area contributed by atoms with Gasteiger partial charge >= 0.3 is 6.18 Å². The van der Waals surface area contributed by atoms with Gasteiger partial charge in [-0.15, -0.1) is 0 Å². The van der Waals surface area contributed by atoms with Gasteiger partial charge in [0.05, 0.1) is 17.1 Å². The second-order valence-electron chi connectivity index (χ2n) is 8.06. The first kappa shape index (κ1) is 21.7. The van der Waals surface area contributed by atoms with Gasteiger partial charge in [-0.25, -0.2) is 15.0 Å². The minimum atomic E-state index is -4.69. The zero-order valence-electron chi connectivity index (χ0n) is 17.8. The van der Waals surface area contributed by atoms with Crippen LogP contribution < -0.4 is 5.32 Å². The Balaban J connectivity index is 1.56. The van der Waals surface area contributed by atoms with Gasteiger partial charge in [0.25, 0.3) is 5.91 Å². The molecule has 174 valence electrons. The van der Waals surface area contributed by atoms with E-state index in [2.05, 4.69) is 20.3 Å². The fourth-order valence-corrected chi connectivity index (χ4v) is 4.40. The molecule has 2 aromatic heterocycles. The van der Waals surface area contributed by atoms with Gasteiger partial charge in [-0.05, 0) is 30.2 Å². The zero-order chi connectivity index (χ0) is 24.2. The van der Waals surface area contributed by atoms with E-state index in [9.17, 15) is 27.6 Å². The number of nitrogens with one attached hydrogen (secondary N) is 1. The maximum Gasteiger partial charge on any atom is 0.449 e. The number of aromatic nitrogens is 4. The van der Waals surface area contributed by atoms with Gasteiger partial charge in [-0.2, -0.15) is 13.2 Å². The first-order chi connectivity index (χ1) is 16.1. The standard InChI is InChI=1S/C22H17F3N6O3/c1-30-18(14-6-7-26-10-27-14)17(29-21(30)22(23,24)25)11-2-3-13-12(8-11)9-31(20(13)34)15-4-5-16(32)28-19(15)33/h2-3,6-8,10,15H,4-5,9H2,1H3,(H,28,32,33). The molecule has 3 aromatic rings. The number of amides is 3. The van der Waals surface area contributed by atoms with Crippen LogP contribution in [0.5, 0.6) is 0 Å². The van der Waals surface area contributed by atoms with Gasteiger partial charge < -0.3 is 9.47 Å². The van der Waals surface area contributed by atoms with E-state index in [1.165, 1.54) is 42.7 Å². The molecule has 1 unspecified atom stereocenters. The topological polar surface area (TPSA) is 110 Å². The van der Waals surface area contributed by atoms with E-state index in [-0.39, 0.29) is 48.3 Å². The Kier molecular flexibility index (Phi) is 4.95. The predicted molar refractivity (Wildman–Crippen MR) is 111 cm³/mol. The molecule has 0 aliphatic carbocycles. The van der Waals surface area contributed by atoms with Crippen LogP contribution in [-0.2, 0) is 29.4 Å². The first-order valence-corrected chi connectivity index (χ1v) is 10.3. The number of carbonyl (C=O) groups excluding carboxylic acids is 3. The van der Waals surface area contributed by atoms with Crippen molar-refractivity contribution in [1.82, 2.24) is 29.7 Å². The average molecular weight is 470 g/mol. The van der Waals surface area contributed by atoms with Crippen LogP contribution in [0.2, 0.25) is 0 Å². The normalized spacial score (nSPS) is 18.3. The molecule has 0 radical (unpaired) electrons. The third kappa shape index (κ3) is 3.51. The predicted octanol–water partition coefficient (Wildman–Crippen LogP) is 2.32. The van der Waals surface area contributed by atoms with Gasteiger partial charge in [0.2, 0.25) is 17.6 Å². The number of benzene rings is 1. The van der Waals surface area contributed by atoms with Crippen LogP contribution in [-0.4, -0.2) is 48.2 Å². The van der Waals surface area contributed by atoms with Crippen molar-refractivity contribution in [2.75, 3.05) is 0 Å². The maximum absolute atomic E-state index is 13.6. The third-order valence-corrected chi connectivity index (χ3v) is 5.97. The number of alkyl halides is 3. The number of nitrogens with zero attached hydrogens (tertiary/aromatic N) is 5. The highest BCUT2D eigenvalue weighted by molar-refractivity contribution is 6.05. The number of fused-ring (bicyclic) bond motifs is 1. The molecular weight excluding hydrogens is 453 g/mol. The molecule has 2 aliphatic rings. The van der Waals surface area contributed by atoms with E-state index < -0.39 is 23.9 Å². The molecule has 0 saturated carbocycles. The molecule has 1 fully saturated rings. The van der Waals surface area contributed by atoms with Crippen molar-refractivity contribution < 1.29 is 27.6 Å². The largest absolute Gasteiger partial charge is 0.449 e. The maximum atomic E-state index is 13.6. The Hall–Kier alpha value is -4.09. The van der Waals surface area contributed by atoms with Gasteiger partial charge in [-0.3, -0.25) is 19.7 Å². The highest BCUT2D eigenvalue weighted by Crippen LogP contribution is 2.38. The van der Waals surface area contributed by atoms with Gasteiger partial charge in [0.15, 0.2) is 0 Å². The van der Waals surface area contributed by atoms with Gasteiger partial charge in [0.1, 0.15) is 12.4 Å². The van der Waals surface area contributed by atoms with E-state index in [0.717, 1.165) is 4.57 Å². The molecule has 4 heterocycles. The lowest BCUT2D eigenvalue weighted by atomic mass is 10.0. The molecule has 34 heavy (non-hydrogen) atoms. The smallest absolute Gasteiger partial charge is 0.322 e. The van der Waals surface area contributed by atoms with E-state index in [4.69, 9.17) is 0 Å². The minimum absolute atomic E-state index is 0.0585. The first-order valence-electron chi connectivity index (χ1n) is 10.3. The summed E-state index contributed by atoms with van der Waals surface area (Å²) in [5.41, 5.74) is 1.75. The highest BCUT2D eigenvalue weighted by atomic mass is 19.4. The monoisotopic (exact) mass is 470 g/mol. The van der Waals surface area contributed by atoms with Crippen LogP contribution in [0.15, 0.2) is 36.8 Å². The number of imide groups is 1. The SMILES string of the molecule is Cn1c(C(F)(F)F)nc(-c2ccc3c(c2)CN(C2CCC(=O)NC2=O)C3=O)c1-c1ccncn1. The van der Waals surface area contributed by atoms with Crippen LogP contribution >= 0.6 is 0 Å². The Morgan fingerprint density at radius 3 is 2.62 bits per heavy atom. The van der Waals surface area contributed by atoms with Crippen LogP contribution in [0, 0.1) is 0 Å². The summed E-state index contributed by atoms with van der Waals surface area (Å²) >= 11 is 0. The number of carbonyl (C=O) groups is 3. The molecule has 9 nitrogen and oxygen atoms in total. The van der Waals surface area contributed by atoms with Crippen LogP contribution in [0.1, 0.15) is 34.6 Å². The van der Waals surface area contributed by atoms with Crippen molar-refractivity contribution in [3.8, 4) is 22.6 Å². The number of piperidine rings is 1. The Morgan fingerprint density at radius 1 is 1.15 bits per heavy atom. The molecule has 1 N–H and O–H groups in total. The number of hydrogen-bond donors (Lipinski definition) is 1. The van der Waals surface area contributed by atoms with E-state index >= 15 is 0 Å². The Labute approximate surface area is 190 Å². The van der Waals surface area contributed by atoms with E-state index in [1.807, 2.05) is 0 Å². The van der Waals surface area contributed by atoms with Gasteiger partial charge in [-0.1, -0.05) is 6.07 Å². The number of hydrogen-bond acceptors (Lipinski definition) is 6. The fraction of sp³-hybridized carbons (Fsp3) is 0.273. The van der Waals surface area contributed by atoms with Crippen LogP contribution in [0.3, 0.4) is 0 Å². The quantitative estimate of drug-likeness (QED) is 0.589. The van der Waals surface area contributed by atoms with Gasteiger partial charge in [0, 0.05) is 37.3 Å². The second kappa shape index (κ2) is 7.75. The number of imidazole rings is 1. The van der Waals surface area contributed by atoms with Crippen LogP contribution in [0.25, 0.3) is 22.6 Å². The number of halogens is 3. The van der Waals surface area contributed by atoms with Crippen molar-refractivity contribution in [2.45, 2.75) is 31.6 Å². The molecular formula is C22H17F3N6O3. The van der Waals surface area contributed by atoms with Crippen molar-refractivity contribution >= 4 is 17.7 Å². The molecule has 2 aliphatic heterocycles. The average Bonchev–Trinajstić information content (AvgIpc) is 3.31. The summed E-state index contributed by atoms with van der Waals surface area (Å²) in [5, 5.41) is 2.24. The van der Waals surface area contributed by atoms with Crippen molar-refractivity contribution in [2.24, 2.45) is 7.05 Å². The second-order valence-corrected chi connectivity index (χ2v) is 8.06. The fourth-order valence-electron chi connectivity index (χ4n) is 4.40. The minimum Gasteiger partial charge on any atom is -0.322 e. The summed E-state index contributed by atoms with van der Waals surface area (Å²) in [7, 11) is 1.26. The summed E-state index contributed by atoms with van der Waals surface area (Å²) in [4.78, 5) is 49.8. The third-order valence-electron chi connectivity index (χ3n) is 5.97. The molecule has 0 spiro atoms. The van der Waals surface area contributed by atoms with Crippen molar-refractivity contribution in [1.29, 1.82) is 0 Å². The van der Waals surface area contributed by atoms with Crippen molar-refractivity contribution in [3.05, 3.63) is 53.7 Å². The molecule has 1 saturated heterocycles. The molecule has 1 atom stereocenters. The lowest BCUT2D eigenvalue weighted by Gasteiger charge is -2.29. The van der Waals surface area contributed by atoms with Crippen molar-refractivity contribution in [3.63, 3.8) is 0 Å². The highest BCUT2D eigenvalue weighted by Gasteiger charge is 2.41. The van der Waals surface area contributed by atoms with Crippen LogP contribution in [0.4, 0.5) is 13.2 Å². The molecule has 5 rings (SSSR count). The Morgan fingerprint density at radius 2 is 1.94 bits per heavy atom. The van der Waals surface area contributed by atoms with E-state index in [1.54, 1.807) is 6.07 Å². The summed E-state index contributed by atoms with van der Waals surface area (Å²) in [6.07, 6.45) is -1.70. The zero-order valence-corrected chi connectivity index (χ0v) is 17.8. The lowest BCUT2D eigenvalue weighted by Crippen LogP contribution is -2.52. The molecule has 3 amide bonds. The summed E-state index contributed by atoms with van der Waals surface area (Å²) in [6, 6.07) is 5.35. The molecule has 1 aromatic carbocycles. The summed E-state index contributed by atoms with van der Waals surface area (Å²) < 4.78 is 41.8. The molecule has 12 heteroatoms.